The molecule has 0 aliphatic carbocycles. The lowest BCUT2D eigenvalue weighted by Gasteiger charge is -2.30. The highest BCUT2D eigenvalue weighted by Crippen LogP contribution is 2.20. The number of carbonyl (C=O) groups is 1. The molecule has 0 bridgehead atoms. The zero-order chi connectivity index (χ0) is 16.3. The molecule has 5 heteroatoms. The minimum absolute atomic E-state index is 0.0272. The van der Waals surface area contributed by atoms with Crippen LogP contribution in [0, 0.1) is 0 Å². The van der Waals surface area contributed by atoms with Gasteiger partial charge >= 0.3 is 5.97 Å². The van der Waals surface area contributed by atoms with Crippen molar-refractivity contribution in [1.82, 2.24) is 0 Å². The fourth-order valence-corrected chi connectivity index (χ4v) is 2.76. The van der Waals surface area contributed by atoms with Crippen LogP contribution in [0.3, 0.4) is 0 Å². The van der Waals surface area contributed by atoms with Crippen molar-refractivity contribution in [3.63, 3.8) is 0 Å². The van der Waals surface area contributed by atoms with Crippen molar-refractivity contribution in [2.45, 2.75) is 51.9 Å². The third kappa shape index (κ3) is 6.12. The zero-order valence-corrected chi connectivity index (χ0v) is 13.7. The van der Waals surface area contributed by atoms with Crippen LogP contribution in [-0.4, -0.2) is 41.0 Å². The van der Waals surface area contributed by atoms with Gasteiger partial charge in [0.1, 0.15) is 12.7 Å². The van der Waals surface area contributed by atoms with E-state index < -0.39 is 5.97 Å². The van der Waals surface area contributed by atoms with E-state index in [9.17, 15) is 4.79 Å². The number of allylic oxidation sites excluding steroid dienone is 2. The van der Waals surface area contributed by atoms with Gasteiger partial charge in [-0.3, -0.25) is 0 Å². The maximum absolute atomic E-state index is 11.1. The van der Waals surface area contributed by atoms with Gasteiger partial charge in [0.15, 0.2) is 6.54 Å². The Bertz CT molecular complexity index is 430. The monoisotopic (exact) mass is 308 g/mol. The van der Waals surface area contributed by atoms with Crippen molar-refractivity contribution >= 4 is 11.8 Å². The first-order valence-electron chi connectivity index (χ1n) is 8.33. The van der Waals surface area contributed by atoms with E-state index in [1.54, 1.807) is 6.20 Å². The van der Waals surface area contributed by atoms with Crippen LogP contribution >= 0.6 is 0 Å². The van der Waals surface area contributed by atoms with E-state index >= 15 is 0 Å². The fraction of sp³-hybridized carbons (Fsp3) is 0.647. The zero-order valence-electron chi connectivity index (χ0n) is 13.7. The summed E-state index contributed by atoms with van der Waals surface area (Å²) in [7, 11) is 0. The van der Waals surface area contributed by atoms with Gasteiger partial charge in [-0.1, -0.05) is 31.9 Å². The Morgan fingerprint density at radius 1 is 1.32 bits per heavy atom. The van der Waals surface area contributed by atoms with Crippen molar-refractivity contribution in [3.8, 4) is 0 Å². The van der Waals surface area contributed by atoms with E-state index in [1.807, 2.05) is 6.20 Å². The van der Waals surface area contributed by atoms with Crippen molar-refractivity contribution in [3.05, 3.63) is 24.6 Å². The van der Waals surface area contributed by atoms with Crippen molar-refractivity contribution < 1.29 is 14.4 Å². The van der Waals surface area contributed by atoms with Gasteiger partial charge in [0, 0.05) is 13.0 Å². The van der Waals surface area contributed by atoms with E-state index in [1.165, 1.54) is 19.3 Å². The molecule has 3 N–H and O–H groups in total. The highest BCUT2D eigenvalue weighted by atomic mass is 16.4. The van der Waals surface area contributed by atoms with Gasteiger partial charge in [-0.05, 0) is 25.7 Å². The number of carboxylic acids is 1. The maximum atomic E-state index is 11.1. The molecule has 0 radical (unpaired) electrons. The first kappa shape index (κ1) is 18.6. The summed E-state index contributed by atoms with van der Waals surface area (Å²) in [5, 5.41) is 9.14. The topological polar surface area (TPSA) is 75.7 Å². The summed E-state index contributed by atoms with van der Waals surface area (Å²) in [4.78, 5) is 15.5. The predicted molar refractivity (Wildman–Crippen MR) is 90.4 cm³/mol. The van der Waals surface area contributed by atoms with Gasteiger partial charge in [-0.15, -0.1) is 0 Å². The Labute approximate surface area is 133 Å². The van der Waals surface area contributed by atoms with Crippen molar-refractivity contribution in [2.24, 2.45) is 10.7 Å². The minimum atomic E-state index is -0.816. The molecular formula is C17H30N3O2+. The Morgan fingerprint density at radius 3 is 2.68 bits per heavy atom. The molecule has 0 saturated heterocycles. The fourth-order valence-electron chi connectivity index (χ4n) is 2.76. The Kier molecular flexibility index (Phi) is 8.70. The maximum Gasteiger partial charge on any atom is 0.360 e. The summed E-state index contributed by atoms with van der Waals surface area (Å²) in [6.07, 6.45) is 15.9. The molecule has 1 aliphatic heterocycles. The highest BCUT2D eigenvalue weighted by Gasteiger charge is 2.36. The molecular weight excluding hydrogens is 278 g/mol. The molecule has 124 valence electrons. The Morgan fingerprint density at radius 2 is 2.05 bits per heavy atom. The number of hydrogen-bond donors (Lipinski definition) is 2. The van der Waals surface area contributed by atoms with E-state index in [2.05, 4.69) is 24.1 Å². The third-order valence-electron chi connectivity index (χ3n) is 3.95. The number of nitrogens with two attached hydrogens (primary N) is 1. The third-order valence-corrected chi connectivity index (χ3v) is 3.95. The average Bonchev–Trinajstić information content (AvgIpc) is 2.84. The van der Waals surface area contributed by atoms with Gasteiger partial charge in [0.25, 0.3) is 0 Å². The molecule has 0 amide bonds. The summed E-state index contributed by atoms with van der Waals surface area (Å²) < 4.78 is 0.284. The normalized spacial score (nSPS) is 20.7. The molecule has 1 atom stereocenters. The van der Waals surface area contributed by atoms with E-state index in [0.29, 0.717) is 13.1 Å². The molecule has 0 saturated carbocycles. The van der Waals surface area contributed by atoms with Gasteiger partial charge in [-0.25, -0.2) is 14.3 Å². The molecule has 1 rings (SSSR count). The molecule has 1 unspecified atom stereocenters. The van der Waals surface area contributed by atoms with Gasteiger partial charge in [-0.2, -0.15) is 0 Å². The number of aliphatic imine (C=N–C) groups is 1. The molecule has 0 aromatic heterocycles. The van der Waals surface area contributed by atoms with Crippen molar-refractivity contribution in [1.29, 1.82) is 0 Å². The lowest BCUT2D eigenvalue weighted by atomic mass is 10.1. The molecule has 0 fully saturated rings. The lowest BCUT2D eigenvalue weighted by Crippen LogP contribution is -2.52. The van der Waals surface area contributed by atoms with E-state index in [4.69, 9.17) is 10.8 Å². The number of carboxylic acid groups (broad SMARTS) is 1. The molecule has 22 heavy (non-hydrogen) atoms. The standard InChI is InChI=1S/C17H29N3O2/c1-2-3-4-5-6-7-8-9-10-16-19-12-14-20(16,13-11-18)15-17(21)22/h6-7,12,14H,2-5,8-11,13,15,18H2,1H3/p+1/b7-6+. The van der Waals surface area contributed by atoms with Crippen LogP contribution in [0.15, 0.2) is 29.5 Å². The van der Waals surface area contributed by atoms with Crippen LogP contribution in [0.2, 0.25) is 0 Å². The van der Waals surface area contributed by atoms with Gasteiger partial charge in [0.2, 0.25) is 5.84 Å². The van der Waals surface area contributed by atoms with E-state index in [-0.39, 0.29) is 11.0 Å². The molecule has 0 spiro atoms. The number of aliphatic carboxylic acids is 1. The van der Waals surface area contributed by atoms with Crippen LogP contribution < -0.4 is 5.73 Å². The number of nitrogens with zero attached hydrogens (tertiary/aromatic N) is 2. The van der Waals surface area contributed by atoms with Crippen LogP contribution in [0.25, 0.3) is 0 Å². The summed E-state index contributed by atoms with van der Waals surface area (Å²) in [6.45, 7) is 3.28. The lowest BCUT2D eigenvalue weighted by molar-refractivity contribution is -0.778. The number of amidine groups is 1. The van der Waals surface area contributed by atoms with Gasteiger partial charge < -0.3 is 10.8 Å². The van der Waals surface area contributed by atoms with E-state index in [0.717, 1.165) is 31.5 Å². The summed E-state index contributed by atoms with van der Waals surface area (Å²) in [5.41, 5.74) is 5.66. The number of quaternary nitrogens is 1. The Hall–Kier alpha value is -1.46. The average molecular weight is 308 g/mol. The predicted octanol–water partition coefficient (Wildman–Crippen LogP) is 3.04. The van der Waals surface area contributed by atoms with Crippen LogP contribution in [-0.2, 0) is 4.79 Å². The quantitative estimate of drug-likeness (QED) is 0.330. The second-order valence-corrected chi connectivity index (χ2v) is 5.80. The SMILES string of the molecule is CCCCC/C=C/CCCC1=NC=C[N+]1(CCN)CC(=O)O. The second-order valence-electron chi connectivity index (χ2n) is 5.80. The van der Waals surface area contributed by atoms with Crippen molar-refractivity contribution in [2.75, 3.05) is 19.6 Å². The summed E-state index contributed by atoms with van der Waals surface area (Å²) in [6, 6.07) is 0. The van der Waals surface area contributed by atoms with Gasteiger partial charge in [0.05, 0.1) is 6.20 Å². The first-order valence-corrected chi connectivity index (χ1v) is 8.33. The van der Waals surface area contributed by atoms with Crippen LogP contribution in [0.5, 0.6) is 0 Å². The highest BCUT2D eigenvalue weighted by molar-refractivity contribution is 5.81. The Balaban J connectivity index is 2.39. The molecule has 1 heterocycles. The van der Waals surface area contributed by atoms with Crippen LogP contribution in [0.1, 0.15) is 51.9 Å². The summed E-state index contributed by atoms with van der Waals surface area (Å²) >= 11 is 0. The smallest absolute Gasteiger partial charge is 0.360 e. The van der Waals surface area contributed by atoms with Crippen LogP contribution in [0.4, 0.5) is 0 Å². The second kappa shape index (κ2) is 10.3. The number of rotatable bonds is 12. The number of unbranched alkanes of at least 4 members (excludes halogenated alkanes) is 4. The first-order chi connectivity index (χ1) is 10.6. The molecule has 5 nitrogen and oxygen atoms in total. The summed E-state index contributed by atoms with van der Waals surface area (Å²) in [5.74, 6) is 0.107. The molecule has 0 aromatic carbocycles. The molecule has 1 aliphatic rings. The number of hydrogen-bond acceptors (Lipinski definition) is 3. The largest absolute Gasteiger partial charge is 0.477 e. The molecule has 0 aromatic rings. The minimum Gasteiger partial charge on any atom is -0.477 e.